The van der Waals surface area contributed by atoms with Crippen LogP contribution in [0.5, 0.6) is 0 Å². The first-order valence-electron chi connectivity index (χ1n) is 6.70. The van der Waals surface area contributed by atoms with Gasteiger partial charge in [-0.2, -0.15) is 0 Å². The van der Waals surface area contributed by atoms with Gasteiger partial charge in [0.15, 0.2) is 0 Å². The lowest BCUT2D eigenvalue weighted by atomic mass is 9.97. The topological polar surface area (TPSA) is 57.6 Å². The number of carboxylic acid groups (broad SMARTS) is 1. The molecule has 1 aliphatic heterocycles. The number of nitrogens with zero attached hydrogens (tertiary/aromatic N) is 1. The molecule has 0 saturated carbocycles. The molecular weight excluding hydrogens is 242 g/mol. The Balaban J connectivity index is 2.09. The summed E-state index contributed by atoms with van der Waals surface area (Å²) in [7, 11) is 0. The van der Waals surface area contributed by atoms with Gasteiger partial charge in [0.25, 0.3) is 0 Å². The van der Waals surface area contributed by atoms with Crippen LogP contribution in [-0.2, 0) is 9.59 Å². The molecule has 0 bridgehead atoms. The zero-order valence-corrected chi connectivity index (χ0v) is 11.1. The van der Waals surface area contributed by atoms with Gasteiger partial charge in [0, 0.05) is 18.7 Å². The molecule has 1 unspecified atom stereocenters. The molecule has 0 aliphatic carbocycles. The number of anilines is 1. The molecule has 2 rings (SSSR count). The van der Waals surface area contributed by atoms with Crippen LogP contribution in [0.15, 0.2) is 24.3 Å². The first-order chi connectivity index (χ1) is 9.08. The van der Waals surface area contributed by atoms with E-state index in [9.17, 15) is 9.59 Å². The second-order valence-electron chi connectivity index (χ2n) is 5.09. The van der Waals surface area contributed by atoms with Crippen LogP contribution in [0.1, 0.15) is 44.1 Å². The zero-order valence-electron chi connectivity index (χ0n) is 11.1. The number of carbonyl (C=O) groups is 2. The van der Waals surface area contributed by atoms with Crippen LogP contribution < -0.4 is 4.90 Å². The Morgan fingerprint density at radius 3 is 2.58 bits per heavy atom. The van der Waals surface area contributed by atoms with Gasteiger partial charge in [0.2, 0.25) is 5.91 Å². The molecule has 4 nitrogen and oxygen atoms in total. The van der Waals surface area contributed by atoms with E-state index in [1.54, 1.807) is 0 Å². The van der Waals surface area contributed by atoms with Crippen molar-refractivity contribution < 1.29 is 14.7 Å². The highest BCUT2D eigenvalue weighted by molar-refractivity contribution is 5.93. The summed E-state index contributed by atoms with van der Waals surface area (Å²) in [5.74, 6) is -0.621. The molecule has 0 radical (unpaired) electrons. The Morgan fingerprint density at radius 1 is 1.32 bits per heavy atom. The summed E-state index contributed by atoms with van der Waals surface area (Å²) in [5.41, 5.74) is 1.91. The zero-order chi connectivity index (χ0) is 13.8. The summed E-state index contributed by atoms with van der Waals surface area (Å²) in [6.07, 6.45) is 2.77. The van der Waals surface area contributed by atoms with Crippen LogP contribution in [0.2, 0.25) is 0 Å². The molecule has 0 aromatic heterocycles. The van der Waals surface area contributed by atoms with E-state index in [1.807, 2.05) is 36.1 Å². The Labute approximate surface area is 113 Å². The molecule has 1 amide bonds. The van der Waals surface area contributed by atoms with Crippen molar-refractivity contribution in [3.63, 3.8) is 0 Å². The predicted molar refractivity (Wildman–Crippen MR) is 73.3 cm³/mol. The third kappa shape index (κ3) is 3.34. The number of carbonyl (C=O) groups excluding carboxylic acids is 1. The minimum Gasteiger partial charge on any atom is -0.481 e. The van der Waals surface area contributed by atoms with E-state index in [4.69, 9.17) is 5.11 Å². The predicted octanol–water partition coefficient (Wildman–Crippen LogP) is 2.78. The van der Waals surface area contributed by atoms with Crippen molar-refractivity contribution in [3.05, 3.63) is 29.8 Å². The number of piperidine rings is 1. The summed E-state index contributed by atoms with van der Waals surface area (Å²) >= 11 is 0. The highest BCUT2D eigenvalue weighted by Gasteiger charge is 2.19. The number of rotatable bonds is 4. The van der Waals surface area contributed by atoms with Gasteiger partial charge in [-0.25, -0.2) is 0 Å². The van der Waals surface area contributed by atoms with Gasteiger partial charge in [-0.15, -0.1) is 0 Å². The van der Waals surface area contributed by atoms with Crippen molar-refractivity contribution in [2.75, 3.05) is 11.4 Å². The third-order valence-corrected chi connectivity index (χ3v) is 3.58. The monoisotopic (exact) mass is 261 g/mol. The second kappa shape index (κ2) is 5.87. The molecule has 1 atom stereocenters. The number of aliphatic carboxylic acids is 1. The Hall–Kier alpha value is -1.84. The smallest absolute Gasteiger partial charge is 0.303 e. The SMILES string of the molecule is CC(CC(=O)O)c1ccc(N2CCCCC2=O)cc1. The van der Waals surface area contributed by atoms with Crippen LogP contribution >= 0.6 is 0 Å². The molecular formula is C15H19NO3. The van der Waals surface area contributed by atoms with Crippen molar-refractivity contribution in [3.8, 4) is 0 Å². The molecule has 102 valence electrons. The Bertz CT molecular complexity index is 467. The van der Waals surface area contributed by atoms with Gasteiger partial charge in [0.05, 0.1) is 6.42 Å². The van der Waals surface area contributed by atoms with Crippen LogP contribution in [0.25, 0.3) is 0 Å². The average molecular weight is 261 g/mol. The summed E-state index contributed by atoms with van der Waals surface area (Å²) in [5, 5.41) is 8.79. The third-order valence-electron chi connectivity index (χ3n) is 3.58. The van der Waals surface area contributed by atoms with E-state index >= 15 is 0 Å². The number of benzene rings is 1. The Morgan fingerprint density at radius 2 is 2.00 bits per heavy atom. The molecule has 19 heavy (non-hydrogen) atoms. The van der Waals surface area contributed by atoms with Crippen LogP contribution in [0.3, 0.4) is 0 Å². The molecule has 1 N–H and O–H groups in total. The summed E-state index contributed by atoms with van der Waals surface area (Å²) in [6, 6.07) is 7.67. The van der Waals surface area contributed by atoms with Gasteiger partial charge in [0.1, 0.15) is 0 Å². The van der Waals surface area contributed by atoms with Gasteiger partial charge >= 0.3 is 5.97 Å². The minimum atomic E-state index is -0.789. The lowest BCUT2D eigenvalue weighted by Gasteiger charge is -2.27. The van der Waals surface area contributed by atoms with Crippen molar-refractivity contribution in [1.82, 2.24) is 0 Å². The van der Waals surface area contributed by atoms with Crippen LogP contribution in [0.4, 0.5) is 5.69 Å². The average Bonchev–Trinajstić information content (AvgIpc) is 2.39. The standard InChI is InChI=1S/C15H19NO3/c1-11(10-15(18)19)12-5-7-13(8-6-12)16-9-3-2-4-14(16)17/h5-8,11H,2-4,9-10H2,1H3,(H,18,19). The van der Waals surface area contributed by atoms with Gasteiger partial charge in [-0.3, -0.25) is 9.59 Å². The van der Waals surface area contributed by atoms with Crippen LogP contribution in [0, 0.1) is 0 Å². The van der Waals surface area contributed by atoms with E-state index in [-0.39, 0.29) is 18.2 Å². The van der Waals surface area contributed by atoms with Gasteiger partial charge in [-0.1, -0.05) is 19.1 Å². The highest BCUT2D eigenvalue weighted by Crippen LogP contribution is 2.25. The summed E-state index contributed by atoms with van der Waals surface area (Å²) in [6.45, 7) is 2.68. The fourth-order valence-corrected chi connectivity index (χ4v) is 2.44. The summed E-state index contributed by atoms with van der Waals surface area (Å²) < 4.78 is 0. The van der Waals surface area contributed by atoms with E-state index in [0.717, 1.165) is 30.6 Å². The maximum Gasteiger partial charge on any atom is 0.303 e. The minimum absolute atomic E-state index is 0.0105. The fraction of sp³-hybridized carbons (Fsp3) is 0.467. The first-order valence-corrected chi connectivity index (χ1v) is 6.70. The van der Waals surface area contributed by atoms with Crippen molar-refractivity contribution in [2.24, 2.45) is 0 Å². The molecule has 1 heterocycles. The molecule has 0 spiro atoms. The summed E-state index contributed by atoms with van der Waals surface area (Å²) in [4.78, 5) is 24.3. The van der Waals surface area contributed by atoms with E-state index < -0.39 is 5.97 Å². The van der Waals surface area contributed by atoms with E-state index in [2.05, 4.69) is 0 Å². The second-order valence-corrected chi connectivity index (χ2v) is 5.09. The fourth-order valence-electron chi connectivity index (χ4n) is 2.44. The number of carboxylic acids is 1. The lowest BCUT2D eigenvalue weighted by Crippen LogP contribution is -2.35. The van der Waals surface area contributed by atoms with Crippen LogP contribution in [-0.4, -0.2) is 23.5 Å². The van der Waals surface area contributed by atoms with E-state index in [1.165, 1.54) is 0 Å². The van der Waals surface area contributed by atoms with Crippen molar-refractivity contribution in [2.45, 2.75) is 38.5 Å². The Kier molecular flexibility index (Phi) is 4.20. The van der Waals surface area contributed by atoms with Gasteiger partial charge in [-0.05, 0) is 36.5 Å². The first kappa shape index (κ1) is 13.6. The normalized spacial score (nSPS) is 17.3. The number of amides is 1. The number of hydrogen-bond donors (Lipinski definition) is 1. The molecule has 1 aromatic rings. The largest absolute Gasteiger partial charge is 0.481 e. The molecule has 4 heteroatoms. The molecule has 1 aromatic carbocycles. The quantitative estimate of drug-likeness (QED) is 0.906. The molecule has 1 fully saturated rings. The molecule has 1 aliphatic rings. The molecule has 1 saturated heterocycles. The van der Waals surface area contributed by atoms with Gasteiger partial charge < -0.3 is 10.0 Å². The maximum atomic E-state index is 11.8. The lowest BCUT2D eigenvalue weighted by molar-refractivity contribution is -0.137. The number of hydrogen-bond acceptors (Lipinski definition) is 2. The maximum absolute atomic E-state index is 11.8. The highest BCUT2D eigenvalue weighted by atomic mass is 16.4. The van der Waals surface area contributed by atoms with Crippen molar-refractivity contribution in [1.29, 1.82) is 0 Å². The van der Waals surface area contributed by atoms with E-state index in [0.29, 0.717) is 6.42 Å². The van der Waals surface area contributed by atoms with Crippen molar-refractivity contribution >= 4 is 17.6 Å².